The summed E-state index contributed by atoms with van der Waals surface area (Å²) in [4.78, 5) is 0. The lowest BCUT2D eigenvalue weighted by Crippen LogP contribution is -1.92. The number of hydrogen-bond acceptors (Lipinski definition) is 1. The summed E-state index contributed by atoms with van der Waals surface area (Å²) in [5.41, 5.74) is 0. The van der Waals surface area contributed by atoms with Gasteiger partial charge >= 0.3 is 0 Å². The van der Waals surface area contributed by atoms with E-state index in [1.165, 1.54) is 12.8 Å². The van der Waals surface area contributed by atoms with E-state index in [-0.39, 0.29) is 0 Å². The predicted molar refractivity (Wildman–Crippen MR) is 52.4 cm³/mol. The first-order chi connectivity index (χ1) is 5.81. The number of ether oxygens (including phenoxy) is 1. The van der Waals surface area contributed by atoms with Crippen LogP contribution >= 0.6 is 0 Å². The molecule has 1 radical (unpaired) electrons. The Hall–Kier alpha value is -0.480. The van der Waals surface area contributed by atoms with Crippen LogP contribution in [0.15, 0.2) is 0 Å². The lowest BCUT2D eigenvalue weighted by molar-refractivity contribution is 0.197. The van der Waals surface area contributed by atoms with E-state index in [4.69, 9.17) is 11.2 Å². The van der Waals surface area contributed by atoms with Gasteiger partial charge in [0, 0.05) is 12.5 Å². The standard InChI is InChI=1S/C11H19O/c1-4-11(3)9-7-6-8-10-12-5-2/h1,5,11H,6-10H2,2-3H3. The van der Waals surface area contributed by atoms with Gasteiger partial charge in [0.2, 0.25) is 0 Å². The van der Waals surface area contributed by atoms with Crippen molar-refractivity contribution in [2.75, 3.05) is 6.61 Å². The molecule has 0 N–H and O–H groups in total. The van der Waals surface area contributed by atoms with Crippen molar-refractivity contribution >= 4 is 0 Å². The van der Waals surface area contributed by atoms with Crippen molar-refractivity contribution in [2.45, 2.75) is 39.5 Å². The lowest BCUT2D eigenvalue weighted by atomic mass is 10.0. The zero-order valence-electron chi connectivity index (χ0n) is 8.18. The molecule has 0 bridgehead atoms. The van der Waals surface area contributed by atoms with Gasteiger partial charge in [-0.3, -0.25) is 0 Å². The molecule has 0 aliphatic heterocycles. The Bertz CT molecular complexity index is 123. The molecule has 0 aromatic rings. The van der Waals surface area contributed by atoms with Crippen LogP contribution < -0.4 is 0 Å². The summed E-state index contributed by atoms with van der Waals surface area (Å²) in [6.07, 6.45) is 9.98. The molecule has 0 amide bonds. The molecule has 0 rings (SSSR count). The molecule has 0 aromatic heterocycles. The van der Waals surface area contributed by atoms with E-state index in [9.17, 15) is 0 Å². The summed E-state index contributed by atoms with van der Waals surface area (Å²) in [5, 5.41) is 0. The molecule has 1 heteroatoms. The van der Waals surface area contributed by atoms with Gasteiger partial charge in [-0.05, 0) is 19.8 Å². The van der Waals surface area contributed by atoms with Gasteiger partial charge < -0.3 is 4.74 Å². The van der Waals surface area contributed by atoms with Crippen molar-refractivity contribution < 1.29 is 4.74 Å². The molecule has 0 saturated heterocycles. The summed E-state index contributed by atoms with van der Waals surface area (Å²) < 4.78 is 5.10. The zero-order valence-corrected chi connectivity index (χ0v) is 8.18. The minimum absolute atomic E-state index is 0.434. The van der Waals surface area contributed by atoms with Crippen LogP contribution in [0.5, 0.6) is 0 Å². The van der Waals surface area contributed by atoms with Gasteiger partial charge in [-0.2, -0.15) is 0 Å². The maximum Gasteiger partial charge on any atom is 0.0805 e. The van der Waals surface area contributed by atoms with Crippen LogP contribution in [0.4, 0.5) is 0 Å². The van der Waals surface area contributed by atoms with Crippen LogP contribution in [0.2, 0.25) is 0 Å². The van der Waals surface area contributed by atoms with E-state index in [2.05, 4.69) is 12.8 Å². The van der Waals surface area contributed by atoms with Crippen LogP contribution in [0.3, 0.4) is 0 Å². The van der Waals surface area contributed by atoms with Crippen molar-refractivity contribution in [3.8, 4) is 12.3 Å². The van der Waals surface area contributed by atoms with Crippen LogP contribution in [0.25, 0.3) is 0 Å². The quantitative estimate of drug-likeness (QED) is 0.418. The normalized spacial score (nSPS) is 12.4. The monoisotopic (exact) mass is 167 g/mol. The largest absolute Gasteiger partial charge is 0.376 e. The maximum absolute atomic E-state index is 5.25. The number of rotatable bonds is 7. The maximum atomic E-state index is 5.25. The third-order valence-electron chi connectivity index (χ3n) is 1.85. The second-order valence-electron chi connectivity index (χ2n) is 3.02. The Labute approximate surface area is 76.5 Å². The van der Waals surface area contributed by atoms with Crippen molar-refractivity contribution in [3.05, 3.63) is 6.61 Å². The third-order valence-corrected chi connectivity index (χ3v) is 1.85. The number of unbranched alkanes of at least 4 members (excludes halogenated alkanes) is 2. The van der Waals surface area contributed by atoms with Crippen LogP contribution in [-0.2, 0) is 4.74 Å². The van der Waals surface area contributed by atoms with Crippen LogP contribution in [0, 0.1) is 24.9 Å². The molecule has 1 atom stereocenters. The number of terminal acetylenes is 1. The van der Waals surface area contributed by atoms with Gasteiger partial charge in [-0.25, -0.2) is 0 Å². The lowest BCUT2D eigenvalue weighted by Gasteiger charge is -2.03. The second kappa shape index (κ2) is 8.62. The van der Waals surface area contributed by atoms with Crippen molar-refractivity contribution in [3.63, 3.8) is 0 Å². The average Bonchev–Trinajstić information content (AvgIpc) is 2.10. The molecule has 0 aromatic carbocycles. The smallest absolute Gasteiger partial charge is 0.0805 e. The molecule has 1 unspecified atom stereocenters. The van der Waals surface area contributed by atoms with E-state index in [1.54, 1.807) is 6.61 Å². The Morgan fingerprint density at radius 2 is 2.17 bits per heavy atom. The Balaban J connectivity index is 2.96. The van der Waals surface area contributed by atoms with E-state index in [0.717, 1.165) is 19.4 Å². The first-order valence-corrected chi connectivity index (χ1v) is 4.66. The minimum Gasteiger partial charge on any atom is -0.376 e. The topological polar surface area (TPSA) is 9.23 Å². The summed E-state index contributed by atoms with van der Waals surface area (Å²) >= 11 is 0. The van der Waals surface area contributed by atoms with Crippen molar-refractivity contribution in [2.24, 2.45) is 5.92 Å². The van der Waals surface area contributed by atoms with Gasteiger partial charge in [0.05, 0.1) is 6.61 Å². The molecule has 0 spiro atoms. The molecular formula is C11H19O. The zero-order chi connectivity index (χ0) is 9.23. The fraction of sp³-hybridized carbons (Fsp3) is 0.727. The third kappa shape index (κ3) is 7.63. The van der Waals surface area contributed by atoms with Crippen molar-refractivity contribution in [1.82, 2.24) is 0 Å². The highest BCUT2D eigenvalue weighted by molar-refractivity contribution is 4.89. The minimum atomic E-state index is 0.434. The highest BCUT2D eigenvalue weighted by Crippen LogP contribution is 2.07. The molecule has 0 fully saturated rings. The SMILES string of the molecule is C#CC(C)CCCCCO[CH]C. The van der Waals surface area contributed by atoms with E-state index in [0.29, 0.717) is 5.92 Å². The summed E-state index contributed by atoms with van der Waals surface area (Å²) in [6.45, 7) is 6.59. The Morgan fingerprint density at radius 1 is 1.42 bits per heavy atom. The molecule has 0 aliphatic carbocycles. The molecular weight excluding hydrogens is 148 g/mol. The molecule has 12 heavy (non-hydrogen) atoms. The highest BCUT2D eigenvalue weighted by Gasteiger charge is 1.95. The van der Waals surface area contributed by atoms with Gasteiger partial charge in [-0.1, -0.05) is 19.8 Å². The van der Waals surface area contributed by atoms with Gasteiger partial charge in [0.15, 0.2) is 0 Å². The van der Waals surface area contributed by atoms with Crippen LogP contribution in [0.1, 0.15) is 39.5 Å². The van der Waals surface area contributed by atoms with Crippen LogP contribution in [-0.4, -0.2) is 6.61 Å². The Kier molecular flexibility index (Phi) is 8.27. The number of hydrogen-bond donors (Lipinski definition) is 0. The van der Waals surface area contributed by atoms with Gasteiger partial charge in [0.1, 0.15) is 0 Å². The summed E-state index contributed by atoms with van der Waals surface area (Å²) in [7, 11) is 0. The fourth-order valence-corrected chi connectivity index (χ4v) is 1.01. The fourth-order valence-electron chi connectivity index (χ4n) is 1.01. The molecule has 1 nitrogen and oxygen atoms in total. The first-order valence-electron chi connectivity index (χ1n) is 4.66. The molecule has 69 valence electrons. The highest BCUT2D eigenvalue weighted by atomic mass is 16.5. The average molecular weight is 167 g/mol. The van der Waals surface area contributed by atoms with E-state index >= 15 is 0 Å². The van der Waals surface area contributed by atoms with E-state index in [1.807, 2.05) is 6.92 Å². The Morgan fingerprint density at radius 3 is 2.75 bits per heavy atom. The van der Waals surface area contributed by atoms with Crippen molar-refractivity contribution in [1.29, 1.82) is 0 Å². The molecule has 0 saturated carbocycles. The van der Waals surface area contributed by atoms with Gasteiger partial charge in [0.25, 0.3) is 0 Å². The molecule has 0 aliphatic rings. The van der Waals surface area contributed by atoms with E-state index < -0.39 is 0 Å². The second-order valence-corrected chi connectivity index (χ2v) is 3.02. The van der Waals surface area contributed by atoms with Gasteiger partial charge in [-0.15, -0.1) is 12.3 Å². The summed E-state index contributed by atoms with van der Waals surface area (Å²) in [5.74, 6) is 3.16. The first kappa shape index (κ1) is 11.5. The summed E-state index contributed by atoms with van der Waals surface area (Å²) in [6, 6.07) is 0. The molecule has 0 heterocycles. The predicted octanol–water partition coefficient (Wildman–Crippen LogP) is 3.01.